The molecule has 0 spiro atoms. The van der Waals surface area contributed by atoms with Gasteiger partial charge in [0.15, 0.2) is 0 Å². The van der Waals surface area contributed by atoms with Crippen LogP contribution >= 0.6 is 0 Å². The van der Waals surface area contributed by atoms with E-state index in [1.165, 1.54) is 38.5 Å². The van der Waals surface area contributed by atoms with Gasteiger partial charge in [-0.2, -0.15) is 0 Å². The van der Waals surface area contributed by atoms with Gasteiger partial charge < -0.3 is 10.2 Å². The summed E-state index contributed by atoms with van der Waals surface area (Å²) in [5, 5.41) is 3.23. The lowest BCUT2D eigenvalue weighted by Gasteiger charge is -2.41. The first kappa shape index (κ1) is 19.7. The predicted molar refractivity (Wildman–Crippen MR) is 104 cm³/mol. The molecule has 3 fully saturated rings. The van der Waals surface area contributed by atoms with Crippen molar-refractivity contribution in [2.24, 2.45) is 17.8 Å². The standard InChI is InChI=1S/C21H37N3O2/c1-3-17(4-2)21(26)24-13-11-23(12-14-24)19(18-7-5-6-8-18)20(25)22-15-16-9-10-16/h16-19H,3-15H2,1-2H3,(H,22,25). The number of rotatable bonds is 8. The molecule has 0 bridgehead atoms. The molecule has 26 heavy (non-hydrogen) atoms. The lowest BCUT2D eigenvalue weighted by atomic mass is 9.94. The molecule has 0 radical (unpaired) electrons. The quantitative estimate of drug-likeness (QED) is 0.721. The number of carbonyl (C=O) groups is 2. The van der Waals surface area contributed by atoms with Crippen molar-refractivity contribution < 1.29 is 9.59 Å². The van der Waals surface area contributed by atoms with Crippen LogP contribution in [0.25, 0.3) is 0 Å². The van der Waals surface area contributed by atoms with Gasteiger partial charge >= 0.3 is 0 Å². The lowest BCUT2D eigenvalue weighted by molar-refractivity contribution is -0.139. The fourth-order valence-corrected chi connectivity index (χ4v) is 4.74. The van der Waals surface area contributed by atoms with Crippen molar-refractivity contribution in [2.45, 2.75) is 71.3 Å². The molecule has 1 N–H and O–H groups in total. The van der Waals surface area contributed by atoms with Crippen LogP contribution in [0, 0.1) is 17.8 Å². The fraction of sp³-hybridized carbons (Fsp3) is 0.905. The highest BCUT2D eigenvalue weighted by molar-refractivity contribution is 5.82. The minimum absolute atomic E-state index is 0.0154. The van der Waals surface area contributed by atoms with Crippen molar-refractivity contribution in [3.05, 3.63) is 0 Å². The van der Waals surface area contributed by atoms with Crippen molar-refractivity contribution >= 4 is 11.8 Å². The Hall–Kier alpha value is -1.10. The Balaban J connectivity index is 1.57. The van der Waals surface area contributed by atoms with Gasteiger partial charge in [0.25, 0.3) is 0 Å². The topological polar surface area (TPSA) is 52.7 Å². The highest BCUT2D eigenvalue weighted by atomic mass is 16.2. The molecule has 2 aliphatic carbocycles. The second-order valence-electron chi connectivity index (χ2n) is 8.55. The molecule has 3 aliphatic rings. The van der Waals surface area contributed by atoms with Gasteiger partial charge in [0, 0.05) is 38.6 Å². The van der Waals surface area contributed by atoms with E-state index in [2.05, 4.69) is 24.1 Å². The van der Waals surface area contributed by atoms with Crippen LogP contribution < -0.4 is 5.32 Å². The Kier molecular flexibility index (Phi) is 6.96. The molecule has 1 aliphatic heterocycles. The molecule has 2 amide bonds. The van der Waals surface area contributed by atoms with E-state index in [0.717, 1.165) is 51.5 Å². The number of amides is 2. The molecule has 1 saturated heterocycles. The second-order valence-corrected chi connectivity index (χ2v) is 8.55. The molecule has 3 rings (SSSR count). The van der Waals surface area contributed by atoms with E-state index in [1.54, 1.807) is 0 Å². The smallest absolute Gasteiger partial charge is 0.237 e. The molecule has 0 aromatic carbocycles. The molecule has 0 aromatic heterocycles. The molecular formula is C21H37N3O2. The van der Waals surface area contributed by atoms with Crippen LogP contribution in [0.1, 0.15) is 65.2 Å². The number of carbonyl (C=O) groups excluding carboxylic acids is 2. The Morgan fingerprint density at radius 1 is 0.962 bits per heavy atom. The molecule has 0 aromatic rings. The van der Waals surface area contributed by atoms with Crippen LogP contribution in [-0.4, -0.2) is 60.4 Å². The number of nitrogens with one attached hydrogen (secondary N) is 1. The maximum absolute atomic E-state index is 12.9. The number of hydrogen-bond acceptors (Lipinski definition) is 3. The van der Waals surface area contributed by atoms with E-state index >= 15 is 0 Å². The van der Waals surface area contributed by atoms with Gasteiger partial charge in [0.05, 0.1) is 6.04 Å². The first-order valence-corrected chi connectivity index (χ1v) is 10.9. The molecule has 1 atom stereocenters. The summed E-state index contributed by atoms with van der Waals surface area (Å²) in [6.45, 7) is 8.28. The van der Waals surface area contributed by atoms with Crippen LogP contribution in [0.3, 0.4) is 0 Å². The highest BCUT2D eigenvalue weighted by Crippen LogP contribution is 2.32. The van der Waals surface area contributed by atoms with Gasteiger partial charge in [-0.25, -0.2) is 0 Å². The third-order valence-electron chi connectivity index (χ3n) is 6.73. The summed E-state index contributed by atoms with van der Waals surface area (Å²) >= 11 is 0. The summed E-state index contributed by atoms with van der Waals surface area (Å²) < 4.78 is 0. The van der Waals surface area contributed by atoms with E-state index in [1.807, 2.05) is 4.90 Å². The predicted octanol–water partition coefficient (Wildman–Crippen LogP) is 2.65. The summed E-state index contributed by atoms with van der Waals surface area (Å²) in [6, 6.07) is 0.0154. The number of piperazine rings is 1. The van der Waals surface area contributed by atoms with Gasteiger partial charge in [-0.15, -0.1) is 0 Å². The third kappa shape index (κ3) is 4.79. The summed E-state index contributed by atoms with van der Waals surface area (Å²) in [7, 11) is 0. The minimum atomic E-state index is 0.0154. The van der Waals surface area contributed by atoms with Gasteiger partial charge in [-0.05, 0) is 50.4 Å². The minimum Gasteiger partial charge on any atom is -0.354 e. The van der Waals surface area contributed by atoms with Crippen LogP contribution in [-0.2, 0) is 9.59 Å². The Bertz CT molecular complexity index is 474. The number of hydrogen-bond donors (Lipinski definition) is 1. The average molecular weight is 364 g/mol. The van der Waals surface area contributed by atoms with Crippen molar-refractivity contribution in [1.82, 2.24) is 15.1 Å². The fourth-order valence-electron chi connectivity index (χ4n) is 4.74. The van der Waals surface area contributed by atoms with Crippen LogP contribution in [0.15, 0.2) is 0 Å². The molecule has 1 unspecified atom stereocenters. The second kappa shape index (κ2) is 9.20. The zero-order chi connectivity index (χ0) is 18.5. The molecule has 2 saturated carbocycles. The molecule has 148 valence electrons. The van der Waals surface area contributed by atoms with Gasteiger partial charge in [-0.3, -0.25) is 14.5 Å². The zero-order valence-corrected chi connectivity index (χ0v) is 16.7. The van der Waals surface area contributed by atoms with Crippen molar-refractivity contribution in [1.29, 1.82) is 0 Å². The first-order valence-electron chi connectivity index (χ1n) is 10.9. The Labute approximate surface area is 158 Å². The maximum atomic E-state index is 12.9. The zero-order valence-electron chi connectivity index (χ0n) is 16.7. The largest absolute Gasteiger partial charge is 0.354 e. The Morgan fingerprint density at radius 2 is 1.58 bits per heavy atom. The van der Waals surface area contributed by atoms with E-state index in [9.17, 15) is 9.59 Å². The van der Waals surface area contributed by atoms with Crippen molar-refractivity contribution in [2.75, 3.05) is 32.7 Å². The summed E-state index contributed by atoms with van der Waals surface area (Å²) in [5.41, 5.74) is 0. The van der Waals surface area contributed by atoms with Gasteiger partial charge in [-0.1, -0.05) is 26.7 Å². The van der Waals surface area contributed by atoms with E-state index in [4.69, 9.17) is 0 Å². The van der Waals surface area contributed by atoms with E-state index in [-0.39, 0.29) is 17.9 Å². The van der Waals surface area contributed by atoms with Crippen molar-refractivity contribution in [3.8, 4) is 0 Å². The summed E-state index contributed by atoms with van der Waals surface area (Å²) in [5.74, 6) is 1.93. The molecule has 5 nitrogen and oxygen atoms in total. The number of nitrogens with zero attached hydrogens (tertiary/aromatic N) is 2. The van der Waals surface area contributed by atoms with E-state index in [0.29, 0.717) is 11.8 Å². The highest BCUT2D eigenvalue weighted by Gasteiger charge is 2.38. The summed E-state index contributed by atoms with van der Waals surface area (Å²) in [4.78, 5) is 30.0. The Morgan fingerprint density at radius 3 is 2.12 bits per heavy atom. The molecular weight excluding hydrogens is 326 g/mol. The third-order valence-corrected chi connectivity index (χ3v) is 6.73. The monoisotopic (exact) mass is 363 g/mol. The van der Waals surface area contributed by atoms with Crippen LogP contribution in [0.4, 0.5) is 0 Å². The lowest BCUT2D eigenvalue weighted by Crippen LogP contribution is -2.58. The average Bonchev–Trinajstić information content (AvgIpc) is 3.35. The van der Waals surface area contributed by atoms with Crippen molar-refractivity contribution in [3.63, 3.8) is 0 Å². The molecule has 1 heterocycles. The van der Waals surface area contributed by atoms with Crippen LogP contribution in [0.2, 0.25) is 0 Å². The normalized spacial score (nSPS) is 23.4. The first-order chi connectivity index (χ1) is 12.6. The van der Waals surface area contributed by atoms with Crippen LogP contribution in [0.5, 0.6) is 0 Å². The SMILES string of the molecule is CCC(CC)C(=O)N1CCN(C(C(=O)NCC2CC2)C2CCCC2)CC1. The maximum Gasteiger partial charge on any atom is 0.237 e. The van der Waals surface area contributed by atoms with E-state index < -0.39 is 0 Å². The molecule has 5 heteroatoms. The summed E-state index contributed by atoms with van der Waals surface area (Å²) in [6.07, 6.45) is 9.24. The van der Waals surface area contributed by atoms with Gasteiger partial charge in [0.2, 0.25) is 11.8 Å². The van der Waals surface area contributed by atoms with Gasteiger partial charge in [0.1, 0.15) is 0 Å².